The highest BCUT2D eigenvalue weighted by molar-refractivity contribution is 14.0. The average Bonchev–Trinajstić information content (AvgIpc) is 3.20. The van der Waals surface area contributed by atoms with Gasteiger partial charge < -0.3 is 24.5 Å². The second-order valence-corrected chi connectivity index (χ2v) is 6.91. The Labute approximate surface area is 185 Å². The average molecular weight is 501 g/mol. The van der Waals surface area contributed by atoms with Crippen molar-refractivity contribution in [1.29, 1.82) is 0 Å². The lowest BCUT2D eigenvalue weighted by Crippen LogP contribution is -2.41. The summed E-state index contributed by atoms with van der Waals surface area (Å²) in [6, 6.07) is 12.0. The minimum absolute atomic E-state index is 0. The third-order valence-corrected chi connectivity index (χ3v) is 4.28. The molecule has 2 N–H and O–H groups in total. The van der Waals surface area contributed by atoms with Crippen LogP contribution in [0.1, 0.15) is 25.2 Å². The third kappa shape index (κ3) is 8.97. The first-order chi connectivity index (χ1) is 13.0. The van der Waals surface area contributed by atoms with Crippen LogP contribution in [0.3, 0.4) is 0 Å². The van der Waals surface area contributed by atoms with Crippen molar-refractivity contribution in [2.45, 2.75) is 32.3 Å². The van der Waals surface area contributed by atoms with Crippen molar-refractivity contribution in [3.05, 3.63) is 54.0 Å². The quantitative estimate of drug-likeness (QED) is 0.296. The molecule has 0 fully saturated rings. The molecule has 1 aromatic heterocycles. The number of hydrogen-bond acceptors (Lipinski definition) is 4. The van der Waals surface area contributed by atoms with Crippen molar-refractivity contribution in [1.82, 2.24) is 10.6 Å². The smallest absolute Gasteiger partial charge is 0.191 e. The largest absolute Gasteiger partial charge is 0.497 e. The number of halogens is 1. The minimum Gasteiger partial charge on any atom is -0.497 e. The van der Waals surface area contributed by atoms with E-state index >= 15 is 0 Å². The number of nitrogens with zero attached hydrogens (tertiary/aromatic N) is 1. The van der Waals surface area contributed by atoms with Gasteiger partial charge in [-0.3, -0.25) is 4.99 Å². The van der Waals surface area contributed by atoms with Crippen LogP contribution < -0.4 is 15.4 Å². The van der Waals surface area contributed by atoms with Crippen LogP contribution in [0.5, 0.6) is 5.75 Å². The van der Waals surface area contributed by atoms with Crippen LogP contribution in [-0.4, -0.2) is 45.4 Å². The SMILES string of the molecule is COc1ccc(CCNC(=NCC(C)(C)OC)NCCc2ccco2)cc1.I. The molecule has 0 spiro atoms. The lowest BCUT2D eigenvalue weighted by molar-refractivity contribution is 0.0310. The predicted molar refractivity (Wildman–Crippen MR) is 124 cm³/mol. The van der Waals surface area contributed by atoms with Gasteiger partial charge in [-0.05, 0) is 50.1 Å². The molecular weight excluding hydrogens is 469 g/mol. The second-order valence-electron chi connectivity index (χ2n) is 6.91. The topological polar surface area (TPSA) is 68.0 Å². The van der Waals surface area contributed by atoms with Crippen molar-refractivity contribution in [2.75, 3.05) is 33.9 Å². The fourth-order valence-corrected chi connectivity index (χ4v) is 2.38. The van der Waals surface area contributed by atoms with E-state index < -0.39 is 0 Å². The molecule has 0 atom stereocenters. The van der Waals surface area contributed by atoms with Crippen LogP contribution >= 0.6 is 24.0 Å². The Morgan fingerprint density at radius 1 is 1.04 bits per heavy atom. The summed E-state index contributed by atoms with van der Waals surface area (Å²) in [7, 11) is 3.38. The van der Waals surface area contributed by atoms with Gasteiger partial charge in [-0.15, -0.1) is 24.0 Å². The number of furan rings is 1. The number of hydrogen-bond donors (Lipinski definition) is 2. The van der Waals surface area contributed by atoms with Gasteiger partial charge in [0.05, 0.1) is 25.5 Å². The van der Waals surface area contributed by atoms with Crippen molar-refractivity contribution in [2.24, 2.45) is 4.99 Å². The molecule has 0 unspecified atom stereocenters. The van der Waals surface area contributed by atoms with E-state index in [1.807, 2.05) is 38.1 Å². The van der Waals surface area contributed by atoms with E-state index in [-0.39, 0.29) is 29.6 Å². The summed E-state index contributed by atoms with van der Waals surface area (Å²) < 4.78 is 16.0. The maximum absolute atomic E-state index is 5.46. The number of benzene rings is 1. The number of rotatable bonds is 10. The van der Waals surface area contributed by atoms with Crippen LogP contribution in [0.2, 0.25) is 0 Å². The number of methoxy groups -OCH3 is 2. The molecule has 1 heterocycles. The maximum atomic E-state index is 5.46. The van der Waals surface area contributed by atoms with Crippen molar-refractivity contribution in [3.63, 3.8) is 0 Å². The Balaban J connectivity index is 0.00000392. The first-order valence-electron chi connectivity index (χ1n) is 9.25. The van der Waals surface area contributed by atoms with E-state index in [9.17, 15) is 0 Å². The molecule has 0 amide bonds. The third-order valence-electron chi connectivity index (χ3n) is 4.28. The van der Waals surface area contributed by atoms with Crippen LogP contribution in [0, 0.1) is 0 Å². The van der Waals surface area contributed by atoms with E-state index in [2.05, 4.69) is 27.8 Å². The Hall–Kier alpha value is -1.74. The Morgan fingerprint density at radius 2 is 1.71 bits per heavy atom. The number of aliphatic imine (C=N–C) groups is 1. The van der Waals surface area contributed by atoms with Gasteiger partial charge in [0.2, 0.25) is 0 Å². The molecule has 0 aliphatic heterocycles. The molecule has 0 saturated carbocycles. The molecule has 0 bridgehead atoms. The zero-order chi connectivity index (χ0) is 19.5. The fraction of sp³-hybridized carbons (Fsp3) is 0.476. The highest BCUT2D eigenvalue weighted by Crippen LogP contribution is 2.11. The standard InChI is InChI=1S/C21H31N3O3.HI/c1-21(2,26-4)16-24-20(23-14-12-19-6-5-15-27-19)22-13-11-17-7-9-18(25-3)10-8-17;/h5-10,15H,11-14,16H2,1-4H3,(H2,22,23,24);1H. The van der Waals surface area contributed by atoms with Gasteiger partial charge in [0.25, 0.3) is 0 Å². The molecule has 28 heavy (non-hydrogen) atoms. The zero-order valence-electron chi connectivity index (χ0n) is 17.2. The van der Waals surface area contributed by atoms with Crippen molar-refractivity contribution < 1.29 is 13.9 Å². The van der Waals surface area contributed by atoms with Gasteiger partial charge in [-0.2, -0.15) is 0 Å². The van der Waals surface area contributed by atoms with E-state index in [0.717, 1.165) is 43.4 Å². The lowest BCUT2D eigenvalue weighted by Gasteiger charge is -2.21. The molecule has 2 aromatic rings. The highest BCUT2D eigenvalue weighted by Gasteiger charge is 2.15. The summed E-state index contributed by atoms with van der Waals surface area (Å²) in [4.78, 5) is 4.66. The molecule has 0 aliphatic carbocycles. The fourth-order valence-electron chi connectivity index (χ4n) is 2.38. The first kappa shape index (κ1) is 24.3. The van der Waals surface area contributed by atoms with Gasteiger partial charge in [-0.1, -0.05) is 12.1 Å². The van der Waals surface area contributed by atoms with Crippen LogP contribution in [0.15, 0.2) is 52.1 Å². The van der Waals surface area contributed by atoms with Gasteiger partial charge in [0, 0.05) is 26.6 Å². The minimum atomic E-state index is -0.300. The van der Waals surface area contributed by atoms with E-state index in [1.165, 1.54) is 5.56 Å². The monoisotopic (exact) mass is 501 g/mol. The van der Waals surface area contributed by atoms with Crippen molar-refractivity contribution >= 4 is 29.9 Å². The summed E-state index contributed by atoms with van der Waals surface area (Å²) in [6.45, 7) is 6.15. The number of guanidine groups is 1. The zero-order valence-corrected chi connectivity index (χ0v) is 19.5. The summed E-state index contributed by atoms with van der Waals surface area (Å²) in [5.74, 6) is 2.60. The number of ether oxygens (including phenoxy) is 2. The number of nitrogens with one attached hydrogen (secondary N) is 2. The summed E-state index contributed by atoms with van der Waals surface area (Å²) in [5.41, 5.74) is 0.946. The molecule has 0 saturated heterocycles. The van der Waals surface area contributed by atoms with Crippen molar-refractivity contribution in [3.8, 4) is 5.75 Å². The summed E-state index contributed by atoms with van der Waals surface area (Å²) >= 11 is 0. The molecule has 1 aromatic carbocycles. The maximum Gasteiger partial charge on any atom is 0.191 e. The van der Waals surface area contributed by atoms with Gasteiger partial charge in [-0.25, -0.2) is 0 Å². The summed E-state index contributed by atoms with van der Waals surface area (Å²) in [5, 5.41) is 6.76. The Kier molecular flexibility index (Phi) is 11.0. The lowest BCUT2D eigenvalue weighted by atomic mass is 10.1. The van der Waals surface area contributed by atoms with Gasteiger partial charge in [0.15, 0.2) is 5.96 Å². The summed E-state index contributed by atoms with van der Waals surface area (Å²) in [6.07, 6.45) is 3.40. The van der Waals surface area contributed by atoms with Gasteiger partial charge >= 0.3 is 0 Å². The highest BCUT2D eigenvalue weighted by atomic mass is 127. The normalized spacial score (nSPS) is 11.6. The molecular formula is C21H32IN3O3. The molecule has 2 rings (SSSR count). The first-order valence-corrected chi connectivity index (χ1v) is 9.25. The Bertz CT molecular complexity index is 685. The molecule has 0 aliphatic rings. The predicted octanol–water partition coefficient (Wildman–Crippen LogP) is 3.65. The van der Waals surface area contributed by atoms with Crippen LogP contribution in [-0.2, 0) is 17.6 Å². The van der Waals surface area contributed by atoms with E-state index in [4.69, 9.17) is 13.9 Å². The molecule has 156 valence electrons. The second kappa shape index (κ2) is 12.7. The van der Waals surface area contributed by atoms with Crippen LogP contribution in [0.25, 0.3) is 0 Å². The van der Waals surface area contributed by atoms with Gasteiger partial charge in [0.1, 0.15) is 11.5 Å². The van der Waals surface area contributed by atoms with E-state index in [1.54, 1.807) is 20.5 Å². The Morgan fingerprint density at radius 3 is 2.29 bits per heavy atom. The van der Waals surface area contributed by atoms with E-state index in [0.29, 0.717) is 6.54 Å². The van der Waals surface area contributed by atoms with Crippen LogP contribution in [0.4, 0.5) is 0 Å². The molecule has 7 heteroatoms. The molecule has 0 radical (unpaired) electrons. The molecule has 6 nitrogen and oxygen atoms in total.